The molecule has 0 aliphatic heterocycles. The van der Waals surface area contributed by atoms with Gasteiger partial charge in [0.2, 0.25) is 5.95 Å². The van der Waals surface area contributed by atoms with Gasteiger partial charge in [0.1, 0.15) is 5.69 Å². The van der Waals surface area contributed by atoms with Crippen LogP contribution in [-0.2, 0) is 5.33 Å². The van der Waals surface area contributed by atoms with E-state index in [1.165, 1.54) is 0 Å². The second kappa shape index (κ2) is 4.77. The smallest absolute Gasteiger partial charge is 0.403 e. The minimum absolute atomic E-state index is 0.00366. The van der Waals surface area contributed by atoms with E-state index in [0.29, 0.717) is 0 Å². The van der Waals surface area contributed by atoms with Crippen molar-refractivity contribution in [3.8, 4) is 5.75 Å². The van der Waals surface area contributed by atoms with Crippen LogP contribution < -0.4 is 4.74 Å². The first-order valence-corrected chi connectivity index (χ1v) is 4.96. The molecule has 0 atom stereocenters. The first-order valence-electron chi connectivity index (χ1n) is 3.83. The molecule has 1 aromatic heterocycles. The number of aldehydes is 1. The molecule has 0 bridgehead atoms. The quantitative estimate of drug-likeness (QED) is 0.373. The summed E-state index contributed by atoms with van der Waals surface area (Å²) in [4.78, 5) is 13.4. The Morgan fingerprint density at radius 3 is 2.56 bits per heavy atom. The molecule has 1 aromatic rings. The standard InChI is InChI=1S/C8H4BrF4NO2/c9-2-4-1-6(10)14-5(3-15)7(4)16-8(11,12)13/h1,3H,2H2. The van der Waals surface area contributed by atoms with Gasteiger partial charge in [0.25, 0.3) is 0 Å². The van der Waals surface area contributed by atoms with Gasteiger partial charge < -0.3 is 4.74 Å². The van der Waals surface area contributed by atoms with Crippen LogP contribution in [0.3, 0.4) is 0 Å². The number of carbonyl (C=O) groups excluding carboxylic acids is 1. The number of hydrogen-bond donors (Lipinski definition) is 0. The highest BCUT2D eigenvalue weighted by molar-refractivity contribution is 9.08. The minimum Gasteiger partial charge on any atom is -0.403 e. The van der Waals surface area contributed by atoms with Crippen LogP contribution in [0.15, 0.2) is 6.07 Å². The third-order valence-corrected chi connectivity index (χ3v) is 2.12. The summed E-state index contributed by atoms with van der Waals surface area (Å²) in [6.07, 6.45) is -4.97. The Labute approximate surface area is 95.6 Å². The monoisotopic (exact) mass is 301 g/mol. The fraction of sp³-hybridized carbons (Fsp3) is 0.250. The third-order valence-electron chi connectivity index (χ3n) is 1.52. The lowest BCUT2D eigenvalue weighted by Crippen LogP contribution is -2.19. The van der Waals surface area contributed by atoms with Crippen LogP contribution >= 0.6 is 15.9 Å². The molecule has 1 rings (SSSR count). The fourth-order valence-electron chi connectivity index (χ4n) is 0.985. The number of rotatable bonds is 3. The maximum Gasteiger partial charge on any atom is 0.573 e. The Bertz CT molecular complexity index is 408. The molecule has 0 aliphatic carbocycles. The zero-order valence-electron chi connectivity index (χ0n) is 7.52. The summed E-state index contributed by atoms with van der Waals surface area (Å²) in [6, 6.07) is 0.753. The van der Waals surface area contributed by atoms with Gasteiger partial charge in [-0.1, -0.05) is 15.9 Å². The molecule has 0 fully saturated rings. The van der Waals surface area contributed by atoms with Crippen molar-refractivity contribution in [2.45, 2.75) is 11.7 Å². The van der Waals surface area contributed by atoms with E-state index in [4.69, 9.17) is 0 Å². The summed E-state index contributed by atoms with van der Waals surface area (Å²) in [6.45, 7) is 0. The fourth-order valence-corrected chi connectivity index (χ4v) is 1.40. The molecule has 0 unspecified atom stereocenters. The number of aromatic nitrogens is 1. The predicted molar refractivity (Wildman–Crippen MR) is 48.9 cm³/mol. The largest absolute Gasteiger partial charge is 0.573 e. The average Bonchev–Trinajstić information content (AvgIpc) is 2.18. The van der Waals surface area contributed by atoms with Gasteiger partial charge in [0.05, 0.1) is 0 Å². The van der Waals surface area contributed by atoms with E-state index in [-0.39, 0.29) is 17.2 Å². The molecule has 0 amide bonds. The molecule has 0 aromatic carbocycles. The molecule has 0 N–H and O–H groups in total. The number of ether oxygens (including phenoxy) is 1. The molecular formula is C8H4BrF4NO2. The van der Waals surface area contributed by atoms with Crippen molar-refractivity contribution < 1.29 is 27.1 Å². The van der Waals surface area contributed by atoms with Gasteiger partial charge in [-0.15, -0.1) is 13.2 Å². The van der Waals surface area contributed by atoms with Crippen LogP contribution in [0.25, 0.3) is 0 Å². The van der Waals surface area contributed by atoms with E-state index in [9.17, 15) is 22.4 Å². The van der Waals surface area contributed by atoms with Crippen molar-refractivity contribution in [2.75, 3.05) is 0 Å². The zero-order valence-corrected chi connectivity index (χ0v) is 9.10. The maximum atomic E-state index is 12.8. The van der Waals surface area contributed by atoms with Crippen LogP contribution in [0.4, 0.5) is 17.6 Å². The molecule has 0 aliphatic rings. The van der Waals surface area contributed by atoms with E-state index < -0.39 is 23.8 Å². The van der Waals surface area contributed by atoms with Crippen molar-refractivity contribution >= 4 is 22.2 Å². The molecule has 1 heterocycles. The Hall–Kier alpha value is -1.18. The zero-order chi connectivity index (χ0) is 12.3. The highest BCUT2D eigenvalue weighted by atomic mass is 79.9. The number of pyridine rings is 1. The summed E-state index contributed by atoms with van der Waals surface area (Å²) < 4.78 is 52.4. The van der Waals surface area contributed by atoms with Crippen molar-refractivity contribution in [1.82, 2.24) is 4.98 Å². The summed E-state index contributed by atoms with van der Waals surface area (Å²) >= 11 is 2.86. The Balaban J connectivity index is 3.27. The van der Waals surface area contributed by atoms with Crippen molar-refractivity contribution in [3.63, 3.8) is 0 Å². The van der Waals surface area contributed by atoms with E-state index in [2.05, 4.69) is 25.7 Å². The summed E-state index contributed by atoms with van der Waals surface area (Å²) in [7, 11) is 0. The second-order valence-electron chi connectivity index (χ2n) is 2.62. The van der Waals surface area contributed by atoms with Gasteiger partial charge in [-0.05, 0) is 0 Å². The van der Waals surface area contributed by atoms with Crippen LogP contribution in [-0.4, -0.2) is 17.6 Å². The Kier molecular flexibility index (Phi) is 3.84. The second-order valence-corrected chi connectivity index (χ2v) is 3.18. The van der Waals surface area contributed by atoms with Gasteiger partial charge in [-0.25, -0.2) is 4.98 Å². The topological polar surface area (TPSA) is 39.2 Å². The summed E-state index contributed by atoms with van der Waals surface area (Å²) in [5.41, 5.74) is -0.876. The number of halogens is 5. The van der Waals surface area contributed by atoms with Gasteiger partial charge in [0.15, 0.2) is 12.0 Å². The van der Waals surface area contributed by atoms with Gasteiger partial charge in [-0.2, -0.15) is 4.39 Å². The molecular weight excluding hydrogens is 298 g/mol. The maximum absolute atomic E-state index is 12.8. The number of alkyl halides is 4. The van der Waals surface area contributed by atoms with Crippen molar-refractivity contribution in [2.24, 2.45) is 0 Å². The van der Waals surface area contributed by atoms with Gasteiger partial charge in [0, 0.05) is 17.0 Å². The summed E-state index contributed by atoms with van der Waals surface area (Å²) in [5.74, 6) is -1.84. The third kappa shape index (κ3) is 3.16. The van der Waals surface area contributed by atoms with E-state index in [1.54, 1.807) is 0 Å². The van der Waals surface area contributed by atoms with Crippen molar-refractivity contribution in [3.05, 3.63) is 23.3 Å². The first-order chi connectivity index (χ1) is 7.37. The SMILES string of the molecule is O=Cc1nc(F)cc(CBr)c1OC(F)(F)F. The average molecular weight is 302 g/mol. The number of carbonyl (C=O) groups is 1. The van der Waals surface area contributed by atoms with Gasteiger partial charge in [-0.3, -0.25) is 4.79 Å². The number of hydrogen-bond acceptors (Lipinski definition) is 3. The minimum atomic E-state index is -4.96. The van der Waals surface area contributed by atoms with Gasteiger partial charge >= 0.3 is 6.36 Å². The predicted octanol–water partition coefficient (Wildman–Crippen LogP) is 2.83. The molecule has 3 nitrogen and oxygen atoms in total. The lowest BCUT2D eigenvalue weighted by atomic mass is 10.2. The van der Waals surface area contributed by atoms with Crippen LogP contribution in [0, 0.1) is 5.95 Å². The molecule has 8 heteroatoms. The van der Waals surface area contributed by atoms with Crippen LogP contribution in [0.1, 0.15) is 16.1 Å². The highest BCUT2D eigenvalue weighted by Gasteiger charge is 2.33. The van der Waals surface area contributed by atoms with E-state index in [1.807, 2.05) is 0 Å². The Morgan fingerprint density at radius 1 is 1.50 bits per heavy atom. The Morgan fingerprint density at radius 2 is 2.12 bits per heavy atom. The number of nitrogens with zero attached hydrogens (tertiary/aromatic N) is 1. The van der Waals surface area contributed by atoms with Crippen LogP contribution in [0.5, 0.6) is 5.75 Å². The molecule has 0 spiro atoms. The van der Waals surface area contributed by atoms with E-state index >= 15 is 0 Å². The molecule has 0 radical (unpaired) electrons. The first kappa shape index (κ1) is 12.9. The molecule has 16 heavy (non-hydrogen) atoms. The highest BCUT2D eigenvalue weighted by Crippen LogP contribution is 2.30. The normalized spacial score (nSPS) is 11.3. The molecule has 88 valence electrons. The molecule has 0 saturated heterocycles. The van der Waals surface area contributed by atoms with Crippen molar-refractivity contribution in [1.29, 1.82) is 0 Å². The van der Waals surface area contributed by atoms with E-state index in [0.717, 1.165) is 6.07 Å². The molecule has 0 saturated carbocycles. The lowest BCUT2D eigenvalue weighted by Gasteiger charge is -2.13. The van der Waals surface area contributed by atoms with Crippen LogP contribution in [0.2, 0.25) is 0 Å². The lowest BCUT2D eigenvalue weighted by molar-refractivity contribution is -0.275. The summed E-state index contributed by atoms with van der Waals surface area (Å²) in [5, 5.41) is -0.0985.